The van der Waals surface area contributed by atoms with E-state index in [1.165, 1.54) is 6.92 Å². The van der Waals surface area contributed by atoms with E-state index in [1.807, 2.05) is 0 Å². The van der Waals surface area contributed by atoms with Gasteiger partial charge in [-0.25, -0.2) is 0 Å². The minimum absolute atomic E-state index is 0.134. The van der Waals surface area contributed by atoms with Crippen molar-refractivity contribution in [3.05, 3.63) is 11.3 Å². The Bertz CT molecular complexity index is 336. The van der Waals surface area contributed by atoms with Gasteiger partial charge in [-0.1, -0.05) is 0 Å². The molecule has 1 heterocycles. The Kier molecular flexibility index (Phi) is 2.07. The predicted octanol–water partition coefficient (Wildman–Crippen LogP) is 1.31. The second-order valence-corrected chi connectivity index (χ2v) is 2.71. The number of aromatic hydroxyl groups is 2. The van der Waals surface area contributed by atoms with E-state index in [9.17, 15) is 8.78 Å². The first-order valence-corrected chi connectivity index (χ1v) is 3.47. The van der Waals surface area contributed by atoms with Crippen LogP contribution in [0, 0.1) is 6.92 Å². The van der Waals surface area contributed by atoms with E-state index < -0.39 is 23.5 Å². The summed E-state index contributed by atoms with van der Waals surface area (Å²) in [6, 6.07) is -0.861. The van der Waals surface area contributed by atoms with Crippen LogP contribution in [-0.4, -0.2) is 20.2 Å². The number of halogens is 2. The third-order valence-electron chi connectivity index (χ3n) is 1.52. The summed E-state index contributed by atoms with van der Waals surface area (Å²) in [6.07, 6.45) is 0. The highest BCUT2D eigenvalue weighted by Gasteiger charge is 2.30. The van der Waals surface area contributed by atoms with Crippen LogP contribution in [0.1, 0.15) is 18.2 Å². The molecular formula is C7H8F2N2O2. The van der Waals surface area contributed by atoms with Gasteiger partial charge in [-0.3, -0.25) is 0 Å². The first-order chi connectivity index (χ1) is 5.82. The van der Waals surface area contributed by atoms with Crippen molar-refractivity contribution >= 4 is 0 Å². The average Bonchev–Trinajstić information content (AvgIpc) is 1.94. The van der Waals surface area contributed by atoms with E-state index >= 15 is 0 Å². The molecule has 6 heteroatoms. The normalized spacial score (nSPS) is 11.7. The lowest BCUT2D eigenvalue weighted by atomic mass is 10.1. The molecule has 0 atom stereocenters. The van der Waals surface area contributed by atoms with Crippen LogP contribution >= 0.6 is 0 Å². The summed E-state index contributed by atoms with van der Waals surface area (Å²) in [5, 5.41) is 17.8. The molecule has 2 N–H and O–H groups in total. The second kappa shape index (κ2) is 2.79. The van der Waals surface area contributed by atoms with Crippen LogP contribution in [0.5, 0.6) is 11.9 Å². The molecule has 0 unspecified atom stereocenters. The number of rotatable bonds is 1. The van der Waals surface area contributed by atoms with Crippen molar-refractivity contribution in [2.75, 3.05) is 0 Å². The monoisotopic (exact) mass is 190 g/mol. The molecule has 0 radical (unpaired) electrons. The van der Waals surface area contributed by atoms with Gasteiger partial charge in [0.25, 0.3) is 5.92 Å². The molecule has 0 bridgehead atoms. The van der Waals surface area contributed by atoms with Crippen LogP contribution in [0.15, 0.2) is 0 Å². The topological polar surface area (TPSA) is 66.2 Å². The first-order valence-electron chi connectivity index (χ1n) is 3.47. The first kappa shape index (κ1) is 9.63. The highest BCUT2D eigenvalue weighted by molar-refractivity contribution is 5.31. The van der Waals surface area contributed by atoms with Crippen LogP contribution in [0.3, 0.4) is 0 Å². The fourth-order valence-electron chi connectivity index (χ4n) is 0.921. The highest BCUT2D eigenvalue weighted by Crippen LogP contribution is 2.31. The van der Waals surface area contributed by atoms with E-state index in [-0.39, 0.29) is 5.56 Å². The van der Waals surface area contributed by atoms with E-state index in [0.29, 0.717) is 6.92 Å². The molecule has 0 amide bonds. The fourth-order valence-corrected chi connectivity index (χ4v) is 0.921. The second-order valence-electron chi connectivity index (χ2n) is 2.71. The summed E-state index contributed by atoms with van der Waals surface area (Å²) in [5.74, 6) is -3.84. The van der Waals surface area contributed by atoms with Crippen molar-refractivity contribution < 1.29 is 19.0 Å². The van der Waals surface area contributed by atoms with Gasteiger partial charge >= 0.3 is 6.01 Å². The number of aromatic nitrogens is 2. The lowest BCUT2D eigenvalue weighted by Gasteiger charge is -2.12. The Morgan fingerprint density at radius 2 is 1.77 bits per heavy atom. The maximum atomic E-state index is 12.8. The van der Waals surface area contributed by atoms with Gasteiger partial charge in [-0.05, 0) is 6.92 Å². The van der Waals surface area contributed by atoms with Gasteiger partial charge in [-0.2, -0.15) is 18.7 Å². The lowest BCUT2D eigenvalue weighted by Crippen LogP contribution is -2.12. The molecule has 0 aliphatic rings. The molecule has 1 aromatic rings. The summed E-state index contributed by atoms with van der Waals surface area (Å²) in [5.41, 5.74) is -0.803. The molecule has 0 aliphatic carbocycles. The van der Waals surface area contributed by atoms with Crippen molar-refractivity contribution in [3.63, 3.8) is 0 Å². The van der Waals surface area contributed by atoms with Crippen LogP contribution in [0.4, 0.5) is 8.78 Å². The Balaban J connectivity index is 3.37. The predicted molar refractivity (Wildman–Crippen MR) is 39.7 cm³/mol. The van der Waals surface area contributed by atoms with Gasteiger partial charge in [0.1, 0.15) is 5.69 Å². The minimum Gasteiger partial charge on any atom is -0.493 e. The zero-order valence-corrected chi connectivity index (χ0v) is 7.04. The minimum atomic E-state index is -3.21. The van der Waals surface area contributed by atoms with E-state index in [2.05, 4.69) is 9.97 Å². The maximum absolute atomic E-state index is 12.8. The van der Waals surface area contributed by atoms with Gasteiger partial charge in [0.2, 0.25) is 5.88 Å². The maximum Gasteiger partial charge on any atom is 0.317 e. The van der Waals surface area contributed by atoms with Gasteiger partial charge in [0.05, 0.1) is 0 Å². The number of hydrogen-bond donors (Lipinski definition) is 2. The molecule has 0 aliphatic heterocycles. The van der Waals surface area contributed by atoms with Gasteiger partial charge in [0, 0.05) is 12.5 Å². The third-order valence-corrected chi connectivity index (χ3v) is 1.52. The van der Waals surface area contributed by atoms with Crippen LogP contribution < -0.4 is 0 Å². The number of nitrogens with zero attached hydrogens (tertiary/aromatic N) is 2. The van der Waals surface area contributed by atoms with Crippen molar-refractivity contribution in [3.8, 4) is 11.9 Å². The third kappa shape index (κ3) is 1.82. The zero-order valence-electron chi connectivity index (χ0n) is 7.04. The van der Waals surface area contributed by atoms with Crippen LogP contribution in [0.2, 0.25) is 0 Å². The van der Waals surface area contributed by atoms with Crippen LogP contribution in [-0.2, 0) is 5.92 Å². The molecule has 0 spiro atoms. The van der Waals surface area contributed by atoms with Crippen molar-refractivity contribution in [2.45, 2.75) is 19.8 Å². The Morgan fingerprint density at radius 3 is 2.23 bits per heavy atom. The van der Waals surface area contributed by atoms with E-state index in [4.69, 9.17) is 10.2 Å². The summed E-state index contributed by atoms with van der Waals surface area (Å²) < 4.78 is 25.5. The molecule has 13 heavy (non-hydrogen) atoms. The van der Waals surface area contributed by atoms with Crippen molar-refractivity contribution in [1.82, 2.24) is 9.97 Å². The number of alkyl halides is 2. The summed E-state index contributed by atoms with van der Waals surface area (Å²) in [6.45, 7) is 1.88. The SMILES string of the molecule is Cc1c(O)nc(O)nc1C(C)(F)F. The van der Waals surface area contributed by atoms with E-state index in [1.54, 1.807) is 0 Å². The molecule has 4 nitrogen and oxygen atoms in total. The highest BCUT2D eigenvalue weighted by atomic mass is 19.3. The Hall–Kier alpha value is -1.46. The molecule has 72 valence electrons. The Morgan fingerprint density at radius 1 is 1.23 bits per heavy atom. The lowest BCUT2D eigenvalue weighted by molar-refractivity contribution is 0.0109. The Labute approximate surface area is 72.9 Å². The standard InChI is InChI=1S/C7H8F2N2O2/c1-3-4(7(2,8)9)10-6(13)11-5(3)12/h1-2H3,(H2,10,11,12,13). The quantitative estimate of drug-likeness (QED) is 0.700. The summed E-state index contributed by atoms with van der Waals surface area (Å²) in [7, 11) is 0. The fraction of sp³-hybridized carbons (Fsp3) is 0.429. The van der Waals surface area contributed by atoms with E-state index in [0.717, 1.165) is 0 Å². The summed E-state index contributed by atoms with van der Waals surface area (Å²) in [4.78, 5) is 6.25. The molecular weight excluding hydrogens is 182 g/mol. The molecule has 1 rings (SSSR count). The molecule has 0 saturated carbocycles. The van der Waals surface area contributed by atoms with Crippen molar-refractivity contribution in [2.24, 2.45) is 0 Å². The number of hydrogen-bond acceptors (Lipinski definition) is 4. The van der Waals surface area contributed by atoms with Gasteiger partial charge in [-0.15, -0.1) is 0 Å². The molecule has 0 aromatic carbocycles. The van der Waals surface area contributed by atoms with Crippen molar-refractivity contribution in [1.29, 1.82) is 0 Å². The molecule has 0 saturated heterocycles. The smallest absolute Gasteiger partial charge is 0.317 e. The van der Waals surface area contributed by atoms with Gasteiger partial charge < -0.3 is 10.2 Å². The zero-order chi connectivity index (χ0) is 10.2. The summed E-state index contributed by atoms with van der Waals surface area (Å²) >= 11 is 0. The molecule has 0 fully saturated rings. The molecule has 1 aromatic heterocycles. The average molecular weight is 190 g/mol. The van der Waals surface area contributed by atoms with Crippen LogP contribution in [0.25, 0.3) is 0 Å². The largest absolute Gasteiger partial charge is 0.493 e. The van der Waals surface area contributed by atoms with Gasteiger partial charge in [0.15, 0.2) is 0 Å².